The van der Waals surface area contributed by atoms with E-state index in [1.165, 1.54) is 38.5 Å². The van der Waals surface area contributed by atoms with Crippen molar-refractivity contribution >= 4 is 0 Å². The van der Waals surface area contributed by atoms with Gasteiger partial charge in [0.1, 0.15) is 0 Å². The monoisotopic (exact) mass is 240 g/mol. The Balaban J connectivity index is 2.69. The molecule has 1 fully saturated rings. The van der Waals surface area contributed by atoms with Crippen molar-refractivity contribution in [3.63, 3.8) is 0 Å². The molecule has 1 N–H and O–H groups in total. The molecule has 1 rings (SSSR count). The minimum Gasteiger partial charge on any atom is -0.315 e. The minimum absolute atomic E-state index is 0.403. The van der Waals surface area contributed by atoms with Crippen LogP contribution in [0, 0.1) is 5.41 Å². The maximum atomic E-state index is 3.60. The molecule has 0 aromatic rings. The maximum absolute atomic E-state index is 3.60. The van der Waals surface area contributed by atoms with Crippen molar-refractivity contribution < 1.29 is 0 Å². The summed E-state index contributed by atoms with van der Waals surface area (Å²) in [5.41, 5.74) is 0.848. The predicted molar refractivity (Wildman–Crippen MR) is 76.4 cm³/mol. The number of rotatable bonds is 5. The molecule has 0 saturated heterocycles. The first kappa shape index (κ1) is 15.0. The highest BCUT2D eigenvalue weighted by Gasteiger charge is 2.42. The molecule has 1 aliphatic carbocycles. The molecule has 0 aliphatic heterocycles. The Hall–Kier alpha value is -0.0800. The van der Waals surface area contributed by atoms with Crippen LogP contribution >= 0.6 is 0 Å². The molecular formula is C15H32N2. The summed E-state index contributed by atoms with van der Waals surface area (Å²) >= 11 is 0. The lowest BCUT2D eigenvalue weighted by molar-refractivity contribution is 0.0971. The van der Waals surface area contributed by atoms with Crippen LogP contribution in [0.25, 0.3) is 0 Å². The zero-order chi connectivity index (χ0) is 13.1. The second-order valence-corrected chi connectivity index (χ2v) is 7.15. The van der Waals surface area contributed by atoms with Gasteiger partial charge in [0.05, 0.1) is 0 Å². The third-order valence-corrected chi connectivity index (χ3v) is 4.54. The topological polar surface area (TPSA) is 15.3 Å². The van der Waals surface area contributed by atoms with Crippen molar-refractivity contribution in [2.45, 2.75) is 70.9 Å². The van der Waals surface area contributed by atoms with Crippen LogP contribution in [-0.2, 0) is 0 Å². The molecule has 2 heteroatoms. The summed E-state index contributed by atoms with van der Waals surface area (Å²) in [5, 5.41) is 3.60. The molecule has 0 aromatic heterocycles. The molecule has 1 aliphatic rings. The average molecular weight is 240 g/mol. The summed E-state index contributed by atoms with van der Waals surface area (Å²) in [7, 11) is 6.65. The molecule has 17 heavy (non-hydrogen) atoms. The van der Waals surface area contributed by atoms with E-state index in [9.17, 15) is 0 Å². The van der Waals surface area contributed by atoms with Gasteiger partial charge in [-0.05, 0) is 52.2 Å². The van der Waals surface area contributed by atoms with Crippen LogP contribution in [0.1, 0.15) is 59.3 Å². The van der Waals surface area contributed by atoms with Crippen LogP contribution in [0.5, 0.6) is 0 Å². The van der Waals surface area contributed by atoms with Crippen molar-refractivity contribution in [3.05, 3.63) is 0 Å². The summed E-state index contributed by atoms with van der Waals surface area (Å²) < 4.78 is 0. The quantitative estimate of drug-likeness (QED) is 0.793. The van der Waals surface area contributed by atoms with E-state index in [1.807, 2.05) is 0 Å². The van der Waals surface area contributed by atoms with Crippen LogP contribution in [0.15, 0.2) is 0 Å². The van der Waals surface area contributed by atoms with Gasteiger partial charge in [-0.25, -0.2) is 0 Å². The smallest absolute Gasteiger partial charge is 0.0356 e. The lowest BCUT2D eigenvalue weighted by Gasteiger charge is -2.44. The van der Waals surface area contributed by atoms with E-state index in [0.717, 1.165) is 0 Å². The van der Waals surface area contributed by atoms with Crippen molar-refractivity contribution in [1.29, 1.82) is 0 Å². The van der Waals surface area contributed by atoms with Gasteiger partial charge in [0.2, 0.25) is 0 Å². The van der Waals surface area contributed by atoms with Crippen LogP contribution in [0.4, 0.5) is 0 Å². The lowest BCUT2D eigenvalue weighted by Crippen LogP contribution is -2.56. The van der Waals surface area contributed by atoms with E-state index in [1.54, 1.807) is 0 Å². The molecular weight excluding hydrogens is 208 g/mol. The van der Waals surface area contributed by atoms with E-state index in [4.69, 9.17) is 0 Å². The van der Waals surface area contributed by atoms with Gasteiger partial charge >= 0.3 is 0 Å². The molecule has 102 valence electrons. The SMILES string of the molecule is CNC(CCC(C)(C)C)C1(N(C)C)CCCC1. The zero-order valence-electron chi connectivity index (χ0n) is 12.8. The molecule has 0 bridgehead atoms. The molecule has 0 radical (unpaired) electrons. The Kier molecular flexibility index (Phi) is 5.03. The van der Waals surface area contributed by atoms with E-state index in [2.05, 4.69) is 52.1 Å². The van der Waals surface area contributed by atoms with Gasteiger partial charge in [0, 0.05) is 11.6 Å². The fraction of sp³-hybridized carbons (Fsp3) is 1.00. The van der Waals surface area contributed by atoms with Crippen molar-refractivity contribution in [2.75, 3.05) is 21.1 Å². The molecule has 2 nitrogen and oxygen atoms in total. The van der Waals surface area contributed by atoms with E-state index in [0.29, 0.717) is 17.0 Å². The lowest BCUT2D eigenvalue weighted by atomic mass is 9.80. The first-order valence-electron chi connectivity index (χ1n) is 7.16. The molecule has 1 unspecified atom stereocenters. The minimum atomic E-state index is 0.403. The number of nitrogens with one attached hydrogen (secondary N) is 1. The first-order chi connectivity index (χ1) is 7.82. The zero-order valence-corrected chi connectivity index (χ0v) is 12.8. The van der Waals surface area contributed by atoms with Crippen molar-refractivity contribution in [3.8, 4) is 0 Å². The average Bonchev–Trinajstić information content (AvgIpc) is 2.67. The number of hydrogen-bond donors (Lipinski definition) is 1. The maximum Gasteiger partial charge on any atom is 0.0356 e. The van der Waals surface area contributed by atoms with Crippen LogP contribution in [0.2, 0.25) is 0 Å². The largest absolute Gasteiger partial charge is 0.315 e. The Morgan fingerprint density at radius 1 is 1.18 bits per heavy atom. The molecule has 0 amide bonds. The van der Waals surface area contributed by atoms with Crippen LogP contribution in [0.3, 0.4) is 0 Å². The molecule has 0 heterocycles. The molecule has 1 saturated carbocycles. The second-order valence-electron chi connectivity index (χ2n) is 7.15. The standard InChI is InChI=1S/C15H32N2/c1-14(2,3)12-9-13(16-4)15(17(5)6)10-7-8-11-15/h13,16H,7-12H2,1-6H3. The highest BCUT2D eigenvalue weighted by molar-refractivity contribution is 5.01. The molecule has 0 spiro atoms. The highest BCUT2D eigenvalue weighted by atomic mass is 15.2. The third kappa shape index (κ3) is 3.69. The fourth-order valence-electron chi connectivity index (χ4n) is 3.35. The first-order valence-corrected chi connectivity index (χ1v) is 7.16. The van der Waals surface area contributed by atoms with Gasteiger partial charge in [0.25, 0.3) is 0 Å². The Morgan fingerprint density at radius 2 is 1.71 bits per heavy atom. The van der Waals surface area contributed by atoms with Crippen LogP contribution < -0.4 is 5.32 Å². The van der Waals surface area contributed by atoms with Gasteiger partial charge in [-0.15, -0.1) is 0 Å². The van der Waals surface area contributed by atoms with Gasteiger partial charge < -0.3 is 10.2 Å². The fourth-order valence-corrected chi connectivity index (χ4v) is 3.35. The highest BCUT2D eigenvalue weighted by Crippen LogP contribution is 2.39. The Bertz CT molecular complexity index is 222. The van der Waals surface area contributed by atoms with Gasteiger partial charge in [-0.1, -0.05) is 33.6 Å². The summed E-state index contributed by atoms with van der Waals surface area (Å²) in [6.07, 6.45) is 8.09. The van der Waals surface area contributed by atoms with Gasteiger partial charge in [-0.3, -0.25) is 0 Å². The van der Waals surface area contributed by atoms with E-state index in [-0.39, 0.29) is 0 Å². The van der Waals surface area contributed by atoms with Gasteiger partial charge in [0.15, 0.2) is 0 Å². The van der Waals surface area contributed by atoms with Gasteiger partial charge in [-0.2, -0.15) is 0 Å². The second kappa shape index (κ2) is 5.71. The number of nitrogens with zero attached hydrogens (tertiary/aromatic N) is 1. The normalized spacial score (nSPS) is 22.1. The van der Waals surface area contributed by atoms with E-state index < -0.39 is 0 Å². The van der Waals surface area contributed by atoms with E-state index >= 15 is 0 Å². The summed E-state index contributed by atoms with van der Waals surface area (Å²) in [5.74, 6) is 0. The van der Waals surface area contributed by atoms with Crippen LogP contribution in [-0.4, -0.2) is 37.6 Å². The number of hydrogen-bond acceptors (Lipinski definition) is 2. The summed E-state index contributed by atoms with van der Waals surface area (Å²) in [6, 6.07) is 0.638. The summed E-state index contributed by atoms with van der Waals surface area (Å²) in [4.78, 5) is 2.48. The Morgan fingerprint density at radius 3 is 2.06 bits per heavy atom. The summed E-state index contributed by atoms with van der Waals surface area (Å²) in [6.45, 7) is 7.03. The van der Waals surface area contributed by atoms with Crippen molar-refractivity contribution in [2.24, 2.45) is 5.41 Å². The Labute approximate surface area is 108 Å². The number of likely N-dealkylation sites (N-methyl/N-ethyl adjacent to an activating group) is 2. The predicted octanol–water partition coefficient (Wildman–Crippen LogP) is 3.28. The third-order valence-electron chi connectivity index (χ3n) is 4.54. The molecule has 1 atom stereocenters. The van der Waals surface area contributed by atoms with Crippen molar-refractivity contribution in [1.82, 2.24) is 10.2 Å². The molecule has 0 aromatic carbocycles.